The maximum Gasteiger partial charge on any atom is 0.228 e. The van der Waals surface area contributed by atoms with Crippen LogP contribution >= 0.6 is 0 Å². The van der Waals surface area contributed by atoms with Gasteiger partial charge in [-0.05, 0) is 57.2 Å². The van der Waals surface area contributed by atoms with E-state index in [1.807, 2.05) is 36.4 Å². The summed E-state index contributed by atoms with van der Waals surface area (Å²) in [6.45, 7) is 1.91. The molecule has 1 amide bonds. The second kappa shape index (κ2) is 7.17. The summed E-state index contributed by atoms with van der Waals surface area (Å²) in [7, 11) is 2.09. The number of piperidine rings is 1. The highest BCUT2D eigenvalue weighted by Gasteiger charge is 2.23. The van der Waals surface area contributed by atoms with E-state index in [-0.39, 0.29) is 11.8 Å². The van der Waals surface area contributed by atoms with Crippen molar-refractivity contribution in [3.63, 3.8) is 0 Å². The van der Waals surface area contributed by atoms with Crippen LogP contribution in [0.25, 0.3) is 22.3 Å². The first kappa shape index (κ1) is 16.6. The molecule has 0 radical (unpaired) electrons. The predicted octanol–water partition coefficient (Wildman–Crippen LogP) is 2.97. The van der Waals surface area contributed by atoms with Crippen molar-refractivity contribution in [2.75, 3.05) is 25.5 Å². The SMILES string of the molecule is CN1CCC(C(=O)Nc2cc3nc(-c4ccccn4)ccc3cn2)CC1. The van der Waals surface area contributed by atoms with E-state index in [1.165, 1.54) is 0 Å². The fraction of sp³-hybridized carbons (Fsp3) is 0.300. The molecule has 1 aliphatic heterocycles. The van der Waals surface area contributed by atoms with Gasteiger partial charge < -0.3 is 10.2 Å². The molecule has 3 aromatic rings. The number of likely N-dealkylation sites (tertiary alicyclic amines) is 1. The van der Waals surface area contributed by atoms with Crippen LogP contribution < -0.4 is 5.32 Å². The Morgan fingerprint density at radius 1 is 1.12 bits per heavy atom. The molecule has 0 bridgehead atoms. The first-order valence-electron chi connectivity index (χ1n) is 8.87. The molecule has 0 unspecified atom stereocenters. The van der Waals surface area contributed by atoms with Crippen molar-refractivity contribution in [3.05, 3.63) is 48.8 Å². The Kier molecular flexibility index (Phi) is 4.58. The fourth-order valence-corrected chi connectivity index (χ4v) is 3.24. The van der Waals surface area contributed by atoms with Crippen molar-refractivity contribution in [2.24, 2.45) is 5.92 Å². The summed E-state index contributed by atoms with van der Waals surface area (Å²) in [5.74, 6) is 0.648. The molecular formula is C20H21N5O. The minimum absolute atomic E-state index is 0.0471. The zero-order chi connectivity index (χ0) is 17.9. The van der Waals surface area contributed by atoms with Crippen LogP contribution in [0.5, 0.6) is 0 Å². The van der Waals surface area contributed by atoms with E-state index in [0.29, 0.717) is 5.82 Å². The maximum absolute atomic E-state index is 12.5. The van der Waals surface area contributed by atoms with Gasteiger partial charge in [-0.3, -0.25) is 9.78 Å². The van der Waals surface area contributed by atoms with Gasteiger partial charge in [-0.1, -0.05) is 6.07 Å². The third kappa shape index (κ3) is 3.55. The minimum Gasteiger partial charge on any atom is -0.310 e. The van der Waals surface area contributed by atoms with Crippen LogP contribution in [0.15, 0.2) is 48.8 Å². The van der Waals surface area contributed by atoms with Gasteiger partial charge in [-0.25, -0.2) is 9.97 Å². The van der Waals surface area contributed by atoms with Crippen molar-refractivity contribution in [1.82, 2.24) is 19.9 Å². The zero-order valence-electron chi connectivity index (χ0n) is 14.7. The zero-order valence-corrected chi connectivity index (χ0v) is 14.7. The van der Waals surface area contributed by atoms with Crippen molar-refractivity contribution in [3.8, 4) is 11.4 Å². The summed E-state index contributed by atoms with van der Waals surface area (Å²) in [6, 6.07) is 11.5. The van der Waals surface area contributed by atoms with E-state index in [2.05, 4.69) is 32.2 Å². The van der Waals surface area contributed by atoms with Gasteiger partial charge >= 0.3 is 0 Å². The van der Waals surface area contributed by atoms with Crippen LogP contribution in [0, 0.1) is 5.92 Å². The van der Waals surface area contributed by atoms with E-state index in [1.54, 1.807) is 12.4 Å². The number of anilines is 1. The number of rotatable bonds is 3. The second-order valence-corrected chi connectivity index (χ2v) is 6.74. The number of pyridine rings is 3. The van der Waals surface area contributed by atoms with Gasteiger partial charge in [0.1, 0.15) is 5.82 Å². The van der Waals surface area contributed by atoms with Crippen LogP contribution in [0.4, 0.5) is 5.82 Å². The fourth-order valence-electron chi connectivity index (χ4n) is 3.24. The number of aromatic nitrogens is 3. The number of nitrogens with one attached hydrogen (secondary N) is 1. The quantitative estimate of drug-likeness (QED) is 0.789. The Labute approximate surface area is 152 Å². The molecule has 1 saturated heterocycles. The summed E-state index contributed by atoms with van der Waals surface area (Å²) < 4.78 is 0. The minimum atomic E-state index is 0.0471. The molecule has 1 N–H and O–H groups in total. The predicted molar refractivity (Wildman–Crippen MR) is 102 cm³/mol. The number of carbonyl (C=O) groups excluding carboxylic acids is 1. The van der Waals surface area contributed by atoms with Crippen LogP contribution in [0.1, 0.15) is 12.8 Å². The summed E-state index contributed by atoms with van der Waals surface area (Å²) in [6.07, 6.45) is 5.27. The van der Waals surface area contributed by atoms with Crippen molar-refractivity contribution < 1.29 is 4.79 Å². The lowest BCUT2D eigenvalue weighted by Gasteiger charge is -2.27. The lowest BCUT2D eigenvalue weighted by Crippen LogP contribution is -2.36. The highest BCUT2D eigenvalue weighted by molar-refractivity contribution is 5.93. The molecule has 0 aromatic carbocycles. The van der Waals surface area contributed by atoms with E-state index in [9.17, 15) is 4.79 Å². The molecule has 6 nitrogen and oxygen atoms in total. The monoisotopic (exact) mass is 347 g/mol. The largest absolute Gasteiger partial charge is 0.310 e. The molecular weight excluding hydrogens is 326 g/mol. The second-order valence-electron chi connectivity index (χ2n) is 6.74. The normalized spacial score (nSPS) is 15.9. The first-order chi connectivity index (χ1) is 12.7. The molecule has 0 aliphatic carbocycles. The van der Waals surface area contributed by atoms with Gasteiger partial charge in [-0.2, -0.15) is 0 Å². The lowest BCUT2D eigenvalue weighted by atomic mass is 9.96. The highest BCUT2D eigenvalue weighted by Crippen LogP contribution is 2.22. The molecule has 132 valence electrons. The standard InChI is InChI=1S/C20H21N5O/c1-25-10-7-14(8-11-25)20(26)24-19-12-18-15(13-22-19)5-6-17(23-18)16-4-2-3-9-21-16/h2-6,9,12-14H,7-8,10-11H2,1H3,(H,22,24,26). The van der Waals surface area contributed by atoms with Crippen molar-refractivity contribution >= 4 is 22.6 Å². The van der Waals surface area contributed by atoms with Gasteiger partial charge in [-0.15, -0.1) is 0 Å². The number of amides is 1. The summed E-state index contributed by atoms with van der Waals surface area (Å²) >= 11 is 0. The van der Waals surface area contributed by atoms with Crippen molar-refractivity contribution in [2.45, 2.75) is 12.8 Å². The molecule has 26 heavy (non-hydrogen) atoms. The number of nitrogens with zero attached hydrogens (tertiary/aromatic N) is 4. The molecule has 0 saturated carbocycles. The topological polar surface area (TPSA) is 71.0 Å². The Hall–Kier alpha value is -2.86. The lowest BCUT2D eigenvalue weighted by molar-refractivity contribution is -0.121. The van der Waals surface area contributed by atoms with Crippen molar-refractivity contribution in [1.29, 1.82) is 0 Å². The maximum atomic E-state index is 12.5. The van der Waals surface area contributed by atoms with Crippen LogP contribution in [0.3, 0.4) is 0 Å². The molecule has 0 atom stereocenters. The summed E-state index contributed by atoms with van der Waals surface area (Å²) in [5, 5.41) is 3.89. The van der Waals surface area contributed by atoms with Crippen LogP contribution in [-0.4, -0.2) is 45.9 Å². The molecule has 1 fully saturated rings. The molecule has 4 heterocycles. The van der Waals surface area contributed by atoms with Gasteiger partial charge in [0.15, 0.2) is 0 Å². The summed E-state index contributed by atoms with van der Waals surface area (Å²) in [5.41, 5.74) is 2.42. The van der Waals surface area contributed by atoms with E-state index < -0.39 is 0 Å². The van der Waals surface area contributed by atoms with Gasteiger partial charge in [0, 0.05) is 29.8 Å². The average Bonchev–Trinajstić information content (AvgIpc) is 2.68. The summed E-state index contributed by atoms with van der Waals surface area (Å²) in [4.78, 5) is 28.1. The Balaban J connectivity index is 1.55. The smallest absolute Gasteiger partial charge is 0.228 e. The van der Waals surface area contributed by atoms with Gasteiger partial charge in [0.05, 0.1) is 16.9 Å². The molecule has 0 spiro atoms. The molecule has 1 aliphatic rings. The highest BCUT2D eigenvalue weighted by atomic mass is 16.1. The van der Waals surface area contributed by atoms with E-state index in [0.717, 1.165) is 48.2 Å². The Morgan fingerprint density at radius 3 is 2.73 bits per heavy atom. The molecule has 6 heteroatoms. The van der Waals surface area contributed by atoms with Crippen LogP contribution in [0.2, 0.25) is 0 Å². The Morgan fingerprint density at radius 2 is 1.96 bits per heavy atom. The third-order valence-electron chi connectivity index (χ3n) is 4.84. The molecule has 3 aromatic heterocycles. The first-order valence-corrected chi connectivity index (χ1v) is 8.87. The van der Waals surface area contributed by atoms with E-state index >= 15 is 0 Å². The van der Waals surface area contributed by atoms with Gasteiger partial charge in [0.2, 0.25) is 5.91 Å². The number of hydrogen-bond donors (Lipinski definition) is 1. The van der Waals surface area contributed by atoms with Crippen LogP contribution in [-0.2, 0) is 4.79 Å². The van der Waals surface area contributed by atoms with E-state index in [4.69, 9.17) is 0 Å². The number of carbonyl (C=O) groups is 1. The van der Waals surface area contributed by atoms with Gasteiger partial charge in [0.25, 0.3) is 0 Å². The average molecular weight is 347 g/mol. The third-order valence-corrected chi connectivity index (χ3v) is 4.84. The molecule has 4 rings (SSSR count). The Bertz CT molecular complexity index is 920. The number of fused-ring (bicyclic) bond motifs is 1. The number of hydrogen-bond acceptors (Lipinski definition) is 5.